The summed E-state index contributed by atoms with van der Waals surface area (Å²) >= 11 is 0. The Morgan fingerprint density at radius 1 is 0.776 bits per heavy atom. The lowest BCUT2D eigenvalue weighted by molar-refractivity contribution is -0.167. The molecule has 0 heterocycles. The number of hydrogen-bond acceptors (Lipinski definition) is 11. The van der Waals surface area contributed by atoms with Gasteiger partial charge in [-0.2, -0.15) is 0 Å². The minimum absolute atomic E-state index is 0.0462. The summed E-state index contributed by atoms with van der Waals surface area (Å²) in [6, 6.07) is 16.2. The minimum Gasteiger partial charge on any atom is -0.458 e. The van der Waals surface area contributed by atoms with Gasteiger partial charge in [0, 0.05) is 38.0 Å². The number of carbonyl (C=O) groups is 5. The van der Waals surface area contributed by atoms with E-state index in [1.807, 2.05) is 0 Å². The average molecular weight is 677 g/mol. The van der Waals surface area contributed by atoms with Crippen LogP contribution in [0.5, 0.6) is 0 Å². The molecule has 0 spiro atoms. The van der Waals surface area contributed by atoms with Gasteiger partial charge < -0.3 is 29.2 Å². The summed E-state index contributed by atoms with van der Waals surface area (Å²) in [6.07, 6.45) is -3.16. The van der Waals surface area contributed by atoms with E-state index in [0.29, 0.717) is 0 Å². The van der Waals surface area contributed by atoms with Crippen LogP contribution >= 0.6 is 0 Å². The van der Waals surface area contributed by atoms with Crippen LogP contribution in [0.1, 0.15) is 75.1 Å². The SMILES string of the molecule is C=C1C[C@@H](OC(C)=O)[C@@H](OC(=O)c2ccccc2)C(C)(C)/C=C/[C@H](C)C(=O)[C@@]2(O)C[C@](C)(O)[C@H](OC(=O)c3ccccc3)[C@@H]2[C@H]1OC(C)=O. The number of esters is 4. The third-order valence-corrected chi connectivity index (χ3v) is 9.13. The summed E-state index contributed by atoms with van der Waals surface area (Å²) in [5.41, 5.74) is -5.01. The molecule has 0 radical (unpaired) electrons. The van der Waals surface area contributed by atoms with E-state index in [4.69, 9.17) is 18.9 Å². The topological polar surface area (TPSA) is 163 Å². The van der Waals surface area contributed by atoms with Crippen molar-refractivity contribution in [3.63, 3.8) is 0 Å². The number of rotatable bonds is 6. The first-order valence-corrected chi connectivity index (χ1v) is 16.1. The highest BCUT2D eigenvalue weighted by atomic mass is 16.6. The third-order valence-electron chi connectivity index (χ3n) is 9.13. The molecule has 1 fully saturated rings. The van der Waals surface area contributed by atoms with Gasteiger partial charge in [0.1, 0.15) is 35.6 Å². The van der Waals surface area contributed by atoms with Crippen LogP contribution < -0.4 is 0 Å². The Bertz CT molecular complexity index is 1610. The van der Waals surface area contributed by atoms with E-state index >= 15 is 0 Å². The number of hydrogen-bond donors (Lipinski definition) is 2. The molecule has 1 saturated carbocycles. The average Bonchev–Trinajstić information content (AvgIpc) is 3.24. The van der Waals surface area contributed by atoms with E-state index in [9.17, 15) is 34.2 Å². The fourth-order valence-corrected chi connectivity index (χ4v) is 6.84. The summed E-state index contributed by atoms with van der Waals surface area (Å²) < 4.78 is 23.4. The third kappa shape index (κ3) is 8.17. The second kappa shape index (κ2) is 14.5. The molecule has 8 atom stereocenters. The van der Waals surface area contributed by atoms with Crippen LogP contribution in [0.25, 0.3) is 0 Å². The van der Waals surface area contributed by atoms with Crippen molar-refractivity contribution in [2.45, 2.75) is 90.0 Å². The molecular formula is C38H44O11. The lowest BCUT2D eigenvalue weighted by atomic mass is 9.73. The van der Waals surface area contributed by atoms with Gasteiger partial charge in [0.15, 0.2) is 5.78 Å². The molecule has 2 N–H and O–H groups in total. The summed E-state index contributed by atoms with van der Waals surface area (Å²) in [5.74, 6) is -6.36. The molecular weight excluding hydrogens is 632 g/mol. The van der Waals surface area contributed by atoms with Crippen molar-refractivity contribution in [3.8, 4) is 0 Å². The smallest absolute Gasteiger partial charge is 0.338 e. The Balaban J connectivity index is 1.89. The van der Waals surface area contributed by atoms with E-state index in [1.165, 1.54) is 39.0 Å². The molecule has 262 valence electrons. The standard InChI is InChI=1S/C38H44O11/c1-22-18-19-36(5,6)32(48-34(42)26-14-10-8-11-15-26)28(46-24(3)39)20-23(2)30(47-25(4)40)29-33(37(7,44)21-38(29,45)31(22)41)49-35(43)27-16-12-9-13-17-27/h8-19,22,28-30,32-33,44-45H,2,20-21H2,1,3-7H3/b19-18+/t22-,28+,29-,30-,32+,33+,37-,38+/m0/s1. The van der Waals surface area contributed by atoms with Crippen LogP contribution in [0.3, 0.4) is 0 Å². The molecule has 0 aliphatic heterocycles. The van der Waals surface area contributed by atoms with E-state index in [1.54, 1.807) is 68.5 Å². The first kappa shape index (κ1) is 37.2. The number of benzene rings is 2. The van der Waals surface area contributed by atoms with Crippen LogP contribution in [0.15, 0.2) is 85.0 Å². The maximum Gasteiger partial charge on any atom is 0.338 e. The minimum atomic E-state index is -2.39. The number of Topliss-reactive ketones (excluding diaryl/α,β-unsaturated/α-hetero) is 1. The van der Waals surface area contributed by atoms with Gasteiger partial charge in [-0.25, -0.2) is 9.59 Å². The summed E-state index contributed by atoms with van der Waals surface area (Å²) in [4.78, 5) is 66.2. The van der Waals surface area contributed by atoms with E-state index < -0.39 is 89.0 Å². The van der Waals surface area contributed by atoms with Crippen molar-refractivity contribution in [3.05, 3.63) is 96.1 Å². The van der Waals surface area contributed by atoms with Crippen molar-refractivity contribution in [1.29, 1.82) is 0 Å². The van der Waals surface area contributed by atoms with Crippen LogP contribution in [0, 0.1) is 17.3 Å². The maximum absolute atomic E-state index is 14.3. The Kier molecular flexibility index (Phi) is 11.0. The highest BCUT2D eigenvalue weighted by Crippen LogP contribution is 2.50. The van der Waals surface area contributed by atoms with E-state index in [2.05, 4.69) is 6.58 Å². The second-order valence-electron chi connectivity index (χ2n) is 13.7. The quantitative estimate of drug-likeness (QED) is 0.251. The lowest BCUT2D eigenvalue weighted by Gasteiger charge is -2.41. The molecule has 2 aromatic carbocycles. The van der Waals surface area contributed by atoms with Gasteiger partial charge in [0.05, 0.1) is 17.0 Å². The Morgan fingerprint density at radius 2 is 1.27 bits per heavy atom. The maximum atomic E-state index is 14.3. The molecule has 4 rings (SSSR count). The van der Waals surface area contributed by atoms with Gasteiger partial charge in [-0.05, 0) is 36.8 Å². The summed E-state index contributed by atoms with van der Waals surface area (Å²) in [5, 5.41) is 24.1. The summed E-state index contributed by atoms with van der Waals surface area (Å²) in [6.45, 7) is 12.8. The predicted octanol–water partition coefficient (Wildman–Crippen LogP) is 4.55. The predicted molar refractivity (Wildman–Crippen MR) is 177 cm³/mol. The molecule has 2 aliphatic rings. The van der Waals surface area contributed by atoms with Gasteiger partial charge in [0.2, 0.25) is 0 Å². The Hall–Kier alpha value is -4.61. The van der Waals surface area contributed by atoms with Crippen molar-refractivity contribution in [2.24, 2.45) is 17.3 Å². The fourth-order valence-electron chi connectivity index (χ4n) is 6.84. The molecule has 49 heavy (non-hydrogen) atoms. The molecule has 0 aromatic heterocycles. The van der Waals surface area contributed by atoms with Crippen molar-refractivity contribution in [2.75, 3.05) is 0 Å². The number of ether oxygens (including phenoxy) is 4. The molecule has 11 nitrogen and oxygen atoms in total. The van der Waals surface area contributed by atoms with Gasteiger partial charge in [0.25, 0.3) is 0 Å². The Labute approximate surface area is 285 Å². The van der Waals surface area contributed by atoms with Crippen LogP contribution in [-0.4, -0.2) is 75.5 Å². The number of ketones is 1. The zero-order valence-corrected chi connectivity index (χ0v) is 28.6. The van der Waals surface area contributed by atoms with Gasteiger partial charge in [-0.1, -0.05) is 75.9 Å². The Morgan fingerprint density at radius 3 is 1.76 bits per heavy atom. The van der Waals surface area contributed by atoms with Gasteiger partial charge in [-0.3, -0.25) is 14.4 Å². The highest BCUT2D eigenvalue weighted by Gasteiger charge is 2.67. The van der Waals surface area contributed by atoms with Gasteiger partial charge in [-0.15, -0.1) is 0 Å². The zero-order valence-electron chi connectivity index (χ0n) is 28.6. The lowest BCUT2D eigenvalue weighted by Crippen LogP contribution is -2.55. The largest absolute Gasteiger partial charge is 0.458 e. The second-order valence-corrected chi connectivity index (χ2v) is 13.7. The van der Waals surface area contributed by atoms with E-state index in [0.717, 1.165) is 6.92 Å². The highest BCUT2D eigenvalue weighted by molar-refractivity contribution is 5.93. The molecule has 2 aromatic rings. The van der Waals surface area contributed by atoms with Crippen molar-refractivity contribution in [1.82, 2.24) is 0 Å². The molecule has 0 unspecified atom stereocenters. The first-order chi connectivity index (χ1) is 22.9. The molecule has 11 heteroatoms. The monoisotopic (exact) mass is 676 g/mol. The molecule has 0 saturated heterocycles. The zero-order chi connectivity index (χ0) is 36.3. The number of carbonyl (C=O) groups excluding carboxylic acids is 5. The van der Waals surface area contributed by atoms with Crippen LogP contribution in [0.4, 0.5) is 0 Å². The number of aliphatic hydroxyl groups is 2. The number of fused-ring (bicyclic) bond motifs is 1. The number of allylic oxidation sites excluding steroid dienone is 1. The fraction of sp³-hybridized carbons (Fsp3) is 0.447. The van der Waals surface area contributed by atoms with Gasteiger partial charge >= 0.3 is 23.9 Å². The van der Waals surface area contributed by atoms with Crippen molar-refractivity contribution >= 4 is 29.7 Å². The first-order valence-electron chi connectivity index (χ1n) is 16.1. The van der Waals surface area contributed by atoms with Crippen LogP contribution in [-0.2, 0) is 33.3 Å². The molecule has 2 aliphatic carbocycles. The molecule has 0 bridgehead atoms. The summed E-state index contributed by atoms with van der Waals surface area (Å²) in [7, 11) is 0. The van der Waals surface area contributed by atoms with E-state index in [-0.39, 0.29) is 23.1 Å². The van der Waals surface area contributed by atoms with Crippen LogP contribution in [0.2, 0.25) is 0 Å². The molecule has 0 amide bonds. The van der Waals surface area contributed by atoms with Crippen molar-refractivity contribution < 1.29 is 53.1 Å². The normalized spacial score (nSPS) is 32.0.